The molecule has 6 rings (SSSR count). The molecule has 1 fully saturated rings. The van der Waals surface area contributed by atoms with Gasteiger partial charge in [-0.3, -0.25) is 13.8 Å². The van der Waals surface area contributed by atoms with Crippen LogP contribution < -0.4 is 5.56 Å². The maximum atomic E-state index is 14.2. The third-order valence-corrected chi connectivity index (χ3v) is 7.28. The molecule has 1 spiro atoms. The van der Waals surface area contributed by atoms with E-state index in [1.807, 2.05) is 22.8 Å². The first-order chi connectivity index (χ1) is 15.2. The van der Waals surface area contributed by atoms with Gasteiger partial charge in [-0.1, -0.05) is 67.3 Å². The first-order valence-electron chi connectivity index (χ1n) is 11.3. The predicted molar refractivity (Wildman–Crippen MR) is 121 cm³/mol. The molecule has 0 saturated heterocycles. The first-order valence-corrected chi connectivity index (χ1v) is 11.3. The van der Waals surface area contributed by atoms with E-state index in [-0.39, 0.29) is 11.0 Å². The Morgan fingerprint density at radius 3 is 2.65 bits per heavy atom. The SMILES string of the molecule is Cc1ccc2c(c1)-c1c(c(=O)n(Cc3ccccc3)c3nncn13)C1(CCCCC1)C2. The average Bonchev–Trinajstić information content (AvgIpc) is 3.27. The van der Waals surface area contributed by atoms with Gasteiger partial charge in [-0.25, -0.2) is 0 Å². The van der Waals surface area contributed by atoms with Crippen molar-refractivity contribution in [3.8, 4) is 11.3 Å². The van der Waals surface area contributed by atoms with Gasteiger partial charge in [0.05, 0.1) is 12.2 Å². The summed E-state index contributed by atoms with van der Waals surface area (Å²) >= 11 is 0. The monoisotopic (exact) mass is 410 g/mol. The van der Waals surface area contributed by atoms with Gasteiger partial charge in [0.2, 0.25) is 5.78 Å². The van der Waals surface area contributed by atoms with Gasteiger partial charge in [0.25, 0.3) is 5.56 Å². The van der Waals surface area contributed by atoms with Crippen LogP contribution in [0.4, 0.5) is 0 Å². The molecule has 2 heterocycles. The minimum absolute atomic E-state index is 0.0934. The van der Waals surface area contributed by atoms with Crippen LogP contribution in [0, 0.1) is 6.92 Å². The van der Waals surface area contributed by atoms with Crippen molar-refractivity contribution in [1.82, 2.24) is 19.2 Å². The molecule has 4 aromatic rings. The van der Waals surface area contributed by atoms with E-state index < -0.39 is 0 Å². The molecule has 2 aliphatic carbocycles. The molecule has 2 aromatic carbocycles. The van der Waals surface area contributed by atoms with Crippen molar-refractivity contribution < 1.29 is 0 Å². The number of fused-ring (bicyclic) bond motifs is 6. The summed E-state index contributed by atoms with van der Waals surface area (Å²) in [4.78, 5) is 14.2. The molecular weight excluding hydrogens is 384 g/mol. The zero-order chi connectivity index (χ0) is 21.0. The number of nitrogens with zero attached hydrogens (tertiary/aromatic N) is 4. The molecule has 156 valence electrons. The van der Waals surface area contributed by atoms with Crippen molar-refractivity contribution in [2.24, 2.45) is 0 Å². The lowest BCUT2D eigenvalue weighted by atomic mass is 9.62. The largest absolute Gasteiger partial charge is 0.272 e. The highest BCUT2D eigenvalue weighted by Crippen LogP contribution is 2.49. The van der Waals surface area contributed by atoms with E-state index in [0.29, 0.717) is 12.3 Å². The lowest BCUT2D eigenvalue weighted by Gasteiger charge is -2.42. The minimum Gasteiger partial charge on any atom is -0.272 e. The zero-order valence-electron chi connectivity index (χ0n) is 17.8. The Hall–Kier alpha value is -3.21. The third-order valence-electron chi connectivity index (χ3n) is 7.28. The van der Waals surface area contributed by atoms with Crippen LogP contribution in [0.1, 0.15) is 54.4 Å². The molecule has 0 amide bonds. The fourth-order valence-electron chi connectivity index (χ4n) is 5.84. The Morgan fingerprint density at radius 2 is 1.84 bits per heavy atom. The van der Waals surface area contributed by atoms with Crippen LogP contribution in [0.15, 0.2) is 59.7 Å². The Balaban J connectivity index is 1.69. The van der Waals surface area contributed by atoms with Gasteiger partial charge in [-0.2, -0.15) is 0 Å². The van der Waals surface area contributed by atoms with Crippen LogP contribution >= 0.6 is 0 Å². The van der Waals surface area contributed by atoms with E-state index in [1.54, 1.807) is 6.33 Å². The normalized spacial score (nSPS) is 16.9. The van der Waals surface area contributed by atoms with Crippen molar-refractivity contribution in [3.63, 3.8) is 0 Å². The van der Waals surface area contributed by atoms with E-state index >= 15 is 0 Å². The van der Waals surface area contributed by atoms with Gasteiger partial charge in [0.15, 0.2) is 0 Å². The number of aryl methyl sites for hydroxylation is 1. The number of aromatic nitrogens is 4. The second-order valence-electron chi connectivity index (χ2n) is 9.28. The Labute approximate surface area is 181 Å². The lowest BCUT2D eigenvalue weighted by Crippen LogP contribution is -2.43. The van der Waals surface area contributed by atoms with Crippen molar-refractivity contribution in [3.05, 3.63) is 87.5 Å². The topological polar surface area (TPSA) is 52.2 Å². The number of hydrogen-bond acceptors (Lipinski definition) is 3. The minimum atomic E-state index is -0.0934. The highest BCUT2D eigenvalue weighted by molar-refractivity contribution is 5.74. The van der Waals surface area contributed by atoms with E-state index in [2.05, 4.69) is 51.9 Å². The van der Waals surface area contributed by atoms with Crippen LogP contribution in [-0.4, -0.2) is 19.2 Å². The maximum absolute atomic E-state index is 14.2. The Bertz CT molecular complexity index is 1340. The number of rotatable bonds is 2. The standard InChI is InChI=1S/C26H26N4O/c1-18-10-11-20-15-26(12-6-3-7-13-26)22-23(21(20)14-18)30-17-27-28-25(30)29(24(22)31)16-19-8-4-2-5-9-19/h2,4-5,8-11,14,17H,3,6-7,12-13,15-16H2,1H3. The highest BCUT2D eigenvalue weighted by atomic mass is 16.1. The van der Waals surface area contributed by atoms with Gasteiger partial charge in [-0.15, -0.1) is 10.2 Å². The summed E-state index contributed by atoms with van der Waals surface area (Å²) in [5.74, 6) is 0.618. The second kappa shape index (κ2) is 6.91. The molecule has 2 aromatic heterocycles. The Kier molecular flexibility index (Phi) is 4.13. The predicted octanol–water partition coefficient (Wildman–Crippen LogP) is 4.67. The second-order valence-corrected chi connectivity index (χ2v) is 9.28. The fourth-order valence-corrected chi connectivity index (χ4v) is 5.84. The molecule has 1 saturated carbocycles. The zero-order valence-corrected chi connectivity index (χ0v) is 17.8. The van der Waals surface area contributed by atoms with Crippen molar-refractivity contribution in [1.29, 1.82) is 0 Å². The first kappa shape index (κ1) is 18.6. The summed E-state index contributed by atoms with van der Waals surface area (Å²) in [7, 11) is 0. The molecular formula is C26H26N4O. The van der Waals surface area contributed by atoms with Crippen molar-refractivity contribution >= 4 is 5.78 Å². The molecule has 5 heteroatoms. The van der Waals surface area contributed by atoms with Gasteiger partial charge >= 0.3 is 0 Å². The van der Waals surface area contributed by atoms with Crippen LogP contribution in [0.3, 0.4) is 0 Å². The van der Waals surface area contributed by atoms with E-state index in [0.717, 1.165) is 36.1 Å². The summed E-state index contributed by atoms with van der Waals surface area (Å²) in [6.45, 7) is 2.62. The molecule has 31 heavy (non-hydrogen) atoms. The van der Waals surface area contributed by atoms with Crippen molar-refractivity contribution in [2.45, 2.75) is 57.4 Å². The third kappa shape index (κ3) is 2.79. The van der Waals surface area contributed by atoms with E-state index in [1.165, 1.54) is 36.0 Å². The van der Waals surface area contributed by atoms with Crippen molar-refractivity contribution in [2.75, 3.05) is 0 Å². The summed E-state index contributed by atoms with van der Waals surface area (Å²) in [6.07, 6.45) is 8.48. The number of hydrogen-bond donors (Lipinski definition) is 0. The van der Waals surface area contributed by atoms with Crippen LogP contribution in [0.5, 0.6) is 0 Å². The van der Waals surface area contributed by atoms with Gasteiger partial charge in [0.1, 0.15) is 6.33 Å². The Morgan fingerprint density at radius 1 is 1.03 bits per heavy atom. The van der Waals surface area contributed by atoms with Gasteiger partial charge < -0.3 is 0 Å². The fraction of sp³-hybridized carbons (Fsp3) is 0.346. The maximum Gasteiger partial charge on any atom is 0.259 e. The molecule has 0 unspecified atom stereocenters. The molecule has 2 aliphatic rings. The van der Waals surface area contributed by atoms with Crippen LogP contribution in [0.2, 0.25) is 0 Å². The molecule has 0 N–H and O–H groups in total. The number of benzene rings is 2. The molecule has 0 radical (unpaired) electrons. The molecule has 0 atom stereocenters. The molecule has 5 nitrogen and oxygen atoms in total. The average molecular weight is 411 g/mol. The highest BCUT2D eigenvalue weighted by Gasteiger charge is 2.43. The van der Waals surface area contributed by atoms with Crippen LogP contribution in [0.25, 0.3) is 17.0 Å². The van der Waals surface area contributed by atoms with Gasteiger partial charge in [-0.05, 0) is 43.4 Å². The van der Waals surface area contributed by atoms with Crippen LogP contribution in [-0.2, 0) is 18.4 Å². The summed E-state index contributed by atoms with van der Waals surface area (Å²) < 4.78 is 3.89. The quantitative estimate of drug-likeness (QED) is 0.482. The van der Waals surface area contributed by atoms with E-state index in [9.17, 15) is 4.79 Å². The molecule has 0 bridgehead atoms. The van der Waals surface area contributed by atoms with Gasteiger partial charge in [0, 0.05) is 16.5 Å². The summed E-state index contributed by atoms with van der Waals surface area (Å²) in [5, 5.41) is 8.62. The lowest BCUT2D eigenvalue weighted by molar-refractivity contribution is 0.283. The molecule has 0 aliphatic heterocycles. The van der Waals surface area contributed by atoms with E-state index in [4.69, 9.17) is 0 Å². The summed E-state index contributed by atoms with van der Waals surface area (Å²) in [5.41, 5.74) is 6.82. The summed E-state index contributed by atoms with van der Waals surface area (Å²) in [6, 6.07) is 16.8. The smallest absolute Gasteiger partial charge is 0.259 e.